The summed E-state index contributed by atoms with van der Waals surface area (Å²) in [6, 6.07) is 14.8. The van der Waals surface area contributed by atoms with Crippen molar-refractivity contribution in [2.75, 3.05) is 12.9 Å². The average molecular weight is 477 g/mol. The summed E-state index contributed by atoms with van der Waals surface area (Å²) in [5.41, 5.74) is 2.03. The molecule has 1 N–H and O–H groups in total. The molecule has 7 heteroatoms. The fraction of sp³-hybridized carbons (Fsp3) is 0.440. The minimum absolute atomic E-state index is 0.0575. The number of halogens is 1. The van der Waals surface area contributed by atoms with Gasteiger partial charge in [0, 0.05) is 23.4 Å². The monoisotopic (exact) mass is 476 g/mol. The van der Waals surface area contributed by atoms with E-state index in [0.29, 0.717) is 29.5 Å². The van der Waals surface area contributed by atoms with Crippen molar-refractivity contribution >= 4 is 35.2 Å². The van der Waals surface area contributed by atoms with Crippen LogP contribution in [0.15, 0.2) is 48.5 Å². The summed E-state index contributed by atoms with van der Waals surface area (Å²) >= 11 is 7.48. The van der Waals surface area contributed by atoms with Crippen LogP contribution in [0.3, 0.4) is 0 Å². The molecule has 0 fully saturated rings. The van der Waals surface area contributed by atoms with Gasteiger partial charge in [-0.1, -0.05) is 49.7 Å². The van der Waals surface area contributed by atoms with Crippen LogP contribution in [-0.2, 0) is 21.9 Å². The Morgan fingerprint density at radius 3 is 2.44 bits per heavy atom. The lowest BCUT2D eigenvalue weighted by molar-refractivity contribution is -0.139. The number of carbonyl (C=O) groups excluding carboxylic acids is 2. The third-order valence-corrected chi connectivity index (χ3v) is 6.52. The number of benzene rings is 2. The second-order valence-corrected chi connectivity index (χ2v) is 9.16. The lowest BCUT2D eigenvalue weighted by Gasteiger charge is -2.31. The first-order chi connectivity index (χ1) is 15.4. The number of hydrogen-bond acceptors (Lipinski definition) is 4. The Kier molecular flexibility index (Phi) is 10.9. The van der Waals surface area contributed by atoms with Gasteiger partial charge in [0.15, 0.2) is 0 Å². The van der Waals surface area contributed by atoms with Gasteiger partial charge in [-0.25, -0.2) is 0 Å². The SMILES string of the molecule is CC[C@H](C(=O)N[C@@H](C)CC)N(Cc1cccc(OC)c1)C(=O)CSCc1ccc(Cl)cc1. The molecule has 2 amide bonds. The normalized spacial score (nSPS) is 12.7. The van der Waals surface area contributed by atoms with Crippen molar-refractivity contribution in [3.63, 3.8) is 0 Å². The molecule has 5 nitrogen and oxygen atoms in total. The topological polar surface area (TPSA) is 58.6 Å². The maximum Gasteiger partial charge on any atom is 0.243 e. The number of nitrogens with zero attached hydrogens (tertiary/aromatic N) is 1. The van der Waals surface area contributed by atoms with Crippen molar-refractivity contribution in [2.24, 2.45) is 0 Å². The van der Waals surface area contributed by atoms with Gasteiger partial charge >= 0.3 is 0 Å². The van der Waals surface area contributed by atoms with Gasteiger partial charge in [-0.05, 0) is 55.2 Å². The highest BCUT2D eigenvalue weighted by Crippen LogP contribution is 2.20. The van der Waals surface area contributed by atoms with Gasteiger partial charge < -0.3 is 15.0 Å². The van der Waals surface area contributed by atoms with E-state index in [2.05, 4.69) is 5.32 Å². The van der Waals surface area contributed by atoms with E-state index in [1.54, 1.807) is 12.0 Å². The van der Waals surface area contributed by atoms with Crippen LogP contribution >= 0.6 is 23.4 Å². The van der Waals surface area contributed by atoms with Crippen LogP contribution in [0.2, 0.25) is 5.02 Å². The molecule has 2 atom stereocenters. The predicted octanol–water partition coefficient (Wildman–Crippen LogP) is 5.30. The largest absolute Gasteiger partial charge is 0.497 e. The third-order valence-electron chi connectivity index (χ3n) is 5.28. The van der Waals surface area contributed by atoms with Crippen LogP contribution in [0, 0.1) is 0 Å². The third kappa shape index (κ3) is 8.06. The van der Waals surface area contributed by atoms with Gasteiger partial charge in [-0.3, -0.25) is 9.59 Å². The summed E-state index contributed by atoms with van der Waals surface area (Å²) in [5, 5.41) is 3.73. The quantitative estimate of drug-likeness (QED) is 0.451. The molecular formula is C25H33ClN2O3S. The first-order valence-electron chi connectivity index (χ1n) is 10.9. The number of thioether (sulfide) groups is 1. The Labute approximate surface area is 200 Å². The van der Waals surface area contributed by atoms with E-state index in [-0.39, 0.29) is 17.9 Å². The highest BCUT2D eigenvalue weighted by Gasteiger charge is 2.29. The molecule has 0 unspecified atom stereocenters. The minimum atomic E-state index is -0.529. The molecule has 2 aromatic carbocycles. The van der Waals surface area contributed by atoms with Crippen LogP contribution in [0.4, 0.5) is 0 Å². The molecule has 174 valence electrons. The lowest BCUT2D eigenvalue weighted by atomic mass is 10.1. The van der Waals surface area contributed by atoms with Crippen molar-refractivity contribution in [3.8, 4) is 5.75 Å². The average Bonchev–Trinajstić information content (AvgIpc) is 2.80. The zero-order valence-corrected chi connectivity index (χ0v) is 20.8. The number of rotatable bonds is 12. The van der Waals surface area contributed by atoms with E-state index in [9.17, 15) is 9.59 Å². The molecule has 0 spiro atoms. The summed E-state index contributed by atoms with van der Waals surface area (Å²) in [7, 11) is 1.61. The number of carbonyl (C=O) groups is 2. The van der Waals surface area contributed by atoms with Crippen LogP contribution < -0.4 is 10.1 Å². The van der Waals surface area contributed by atoms with E-state index in [1.165, 1.54) is 11.8 Å². The second kappa shape index (κ2) is 13.4. The fourth-order valence-electron chi connectivity index (χ4n) is 3.25. The van der Waals surface area contributed by atoms with Gasteiger partial charge in [0.2, 0.25) is 11.8 Å². The predicted molar refractivity (Wildman–Crippen MR) is 133 cm³/mol. The molecule has 0 radical (unpaired) electrons. The Morgan fingerprint density at radius 2 is 1.81 bits per heavy atom. The number of amides is 2. The van der Waals surface area contributed by atoms with Gasteiger partial charge in [0.25, 0.3) is 0 Å². The van der Waals surface area contributed by atoms with Crippen LogP contribution in [0.5, 0.6) is 5.75 Å². The molecule has 2 aromatic rings. The molecule has 0 heterocycles. The van der Waals surface area contributed by atoms with Crippen LogP contribution in [0.1, 0.15) is 44.7 Å². The van der Waals surface area contributed by atoms with Gasteiger partial charge in [-0.2, -0.15) is 0 Å². The van der Waals surface area contributed by atoms with Gasteiger partial charge in [-0.15, -0.1) is 11.8 Å². The fourth-order valence-corrected chi connectivity index (χ4v) is 4.24. The standard InChI is InChI=1S/C25H33ClN2O3S/c1-5-18(3)27-25(30)23(6-2)28(15-20-8-7-9-22(14-20)31-4)24(29)17-32-16-19-10-12-21(26)13-11-19/h7-14,18,23H,5-6,15-17H2,1-4H3,(H,27,30)/t18-,23+/m0/s1. The highest BCUT2D eigenvalue weighted by molar-refractivity contribution is 7.99. The van der Waals surface area contributed by atoms with E-state index in [0.717, 1.165) is 23.3 Å². The van der Waals surface area contributed by atoms with Crippen molar-refractivity contribution in [1.82, 2.24) is 10.2 Å². The maximum absolute atomic E-state index is 13.3. The summed E-state index contributed by atoms with van der Waals surface area (Å²) in [5.74, 6) is 1.55. The Bertz CT molecular complexity index is 876. The summed E-state index contributed by atoms with van der Waals surface area (Å²) in [4.78, 5) is 28.0. The number of methoxy groups -OCH3 is 1. The zero-order valence-electron chi connectivity index (χ0n) is 19.3. The van der Waals surface area contributed by atoms with Crippen molar-refractivity contribution in [3.05, 3.63) is 64.7 Å². The number of ether oxygens (including phenoxy) is 1. The van der Waals surface area contributed by atoms with Crippen LogP contribution in [-0.4, -0.2) is 41.7 Å². The molecule has 2 rings (SSSR count). The molecule has 0 saturated heterocycles. The first kappa shape index (κ1) is 26.1. The Balaban J connectivity index is 2.15. The molecule has 0 aliphatic rings. The maximum atomic E-state index is 13.3. The van der Waals surface area contributed by atoms with Gasteiger partial charge in [0.05, 0.1) is 12.9 Å². The Hall–Kier alpha value is -2.18. The van der Waals surface area contributed by atoms with Crippen LogP contribution in [0.25, 0.3) is 0 Å². The van der Waals surface area contributed by atoms with Crippen molar-refractivity contribution in [1.29, 1.82) is 0 Å². The van der Waals surface area contributed by atoms with E-state index >= 15 is 0 Å². The Morgan fingerprint density at radius 1 is 1.09 bits per heavy atom. The smallest absolute Gasteiger partial charge is 0.243 e. The van der Waals surface area contributed by atoms with E-state index in [1.807, 2.05) is 69.3 Å². The number of hydrogen-bond donors (Lipinski definition) is 1. The first-order valence-corrected chi connectivity index (χ1v) is 12.5. The summed E-state index contributed by atoms with van der Waals surface area (Å²) in [6.45, 7) is 6.29. The van der Waals surface area contributed by atoms with E-state index in [4.69, 9.17) is 16.3 Å². The molecule has 0 aliphatic heterocycles. The zero-order chi connectivity index (χ0) is 23.5. The molecule has 0 bridgehead atoms. The minimum Gasteiger partial charge on any atom is -0.497 e. The van der Waals surface area contributed by atoms with Gasteiger partial charge in [0.1, 0.15) is 11.8 Å². The molecule has 32 heavy (non-hydrogen) atoms. The van der Waals surface area contributed by atoms with Crippen molar-refractivity contribution in [2.45, 2.75) is 58.0 Å². The molecular weight excluding hydrogens is 444 g/mol. The molecule has 0 aliphatic carbocycles. The highest BCUT2D eigenvalue weighted by atomic mass is 35.5. The second-order valence-electron chi connectivity index (χ2n) is 7.73. The van der Waals surface area contributed by atoms with Crippen molar-refractivity contribution < 1.29 is 14.3 Å². The van der Waals surface area contributed by atoms with E-state index < -0.39 is 6.04 Å². The molecule has 0 saturated carbocycles. The summed E-state index contributed by atoms with van der Waals surface area (Å²) < 4.78 is 5.32. The summed E-state index contributed by atoms with van der Waals surface area (Å²) in [6.07, 6.45) is 1.38. The molecule has 0 aromatic heterocycles. The lowest BCUT2D eigenvalue weighted by Crippen LogP contribution is -2.51. The number of nitrogens with one attached hydrogen (secondary N) is 1.